The lowest BCUT2D eigenvalue weighted by molar-refractivity contribution is 0.767. The van der Waals surface area contributed by atoms with Crippen LogP contribution in [0.2, 0.25) is 0 Å². The predicted molar refractivity (Wildman–Crippen MR) is 74.2 cm³/mol. The number of nitrogens with two attached hydrogens (primary N) is 1. The Balaban J connectivity index is 2.02. The Morgan fingerprint density at radius 1 is 1.32 bits per heavy atom. The summed E-state index contributed by atoms with van der Waals surface area (Å²) in [6.45, 7) is 0. The van der Waals surface area contributed by atoms with E-state index >= 15 is 0 Å². The van der Waals surface area contributed by atoms with Gasteiger partial charge in [-0.3, -0.25) is 9.25 Å². The van der Waals surface area contributed by atoms with Crippen LogP contribution in [0.3, 0.4) is 0 Å². The van der Waals surface area contributed by atoms with E-state index in [9.17, 15) is 0 Å². The third-order valence-electron chi connectivity index (χ3n) is 3.60. The summed E-state index contributed by atoms with van der Waals surface area (Å²) in [5.74, 6) is 1.71. The molecule has 4 rings (SSSR count). The van der Waals surface area contributed by atoms with Crippen molar-refractivity contribution in [3.05, 3.63) is 36.4 Å². The van der Waals surface area contributed by atoms with Gasteiger partial charge in [-0.15, -0.1) is 0 Å². The Morgan fingerprint density at radius 2 is 2.16 bits per heavy atom. The van der Waals surface area contributed by atoms with E-state index < -0.39 is 0 Å². The van der Waals surface area contributed by atoms with Crippen LogP contribution in [0.5, 0.6) is 0 Å². The predicted octanol–water partition coefficient (Wildman–Crippen LogP) is 2.22. The van der Waals surface area contributed by atoms with Crippen LogP contribution in [0.1, 0.15) is 24.6 Å². The zero-order chi connectivity index (χ0) is 13.0. The van der Waals surface area contributed by atoms with E-state index in [1.165, 1.54) is 12.8 Å². The fourth-order valence-electron chi connectivity index (χ4n) is 2.53. The van der Waals surface area contributed by atoms with E-state index in [0.29, 0.717) is 5.92 Å². The van der Waals surface area contributed by atoms with Crippen LogP contribution >= 0.6 is 0 Å². The summed E-state index contributed by atoms with van der Waals surface area (Å²) in [6, 6.07) is 5.90. The third kappa shape index (κ3) is 1.62. The minimum atomic E-state index is 0.578. The maximum absolute atomic E-state index is 5.85. The second-order valence-corrected chi connectivity index (χ2v) is 5.20. The van der Waals surface area contributed by atoms with Gasteiger partial charge in [0.05, 0.1) is 22.9 Å². The number of aromatic nitrogens is 4. The highest BCUT2D eigenvalue weighted by Gasteiger charge is 2.30. The Morgan fingerprint density at radius 3 is 2.84 bits per heavy atom. The van der Waals surface area contributed by atoms with Crippen molar-refractivity contribution >= 4 is 16.7 Å². The first-order valence-electron chi connectivity index (χ1n) is 6.49. The number of hydrogen-bond acceptors (Lipinski definition) is 3. The molecular formula is C14H15N5. The van der Waals surface area contributed by atoms with Gasteiger partial charge in [-0.2, -0.15) is 5.10 Å². The van der Waals surface area contributed by atoms with Gasteiger partial charge in [0.1, 0.15) is 5.82 Å². The summed E-state index contributed by atoms with van der Waals surface area (Å²) >= 11 is 0. The monoisotopic (exact) mass is 253 g/mol. The van der Waals surface area contributed by atoms with Gasteiger partial charge in [-0.25, -0.2) is 4.98 Å². The van der Waals surface area contributed by atoms with Crippen molar-refractivity contribution in [2.45, 2.75) is 18.8 Å². The molecule has 1 fully saturated rings. The second kappa shape index (κ2) is 3.60. The topological polar surface area (TPSA) is 61.7 Å². The van der Waals surface area contributed by atoms with Crippen molar-refractivity contribution < 1.29 is 0 Å². The number of nitrogens with zero attached hydrogens (tertiary/aromatic N) is 4. The van der Waals surface area contributed by atoms with Crippen LogP contribution in [0.15, 0.2) is 30.6 Å². The number of anilines is 1. The number of imidazole rings is 1. The van der Waals surface area contributed by atoms with Gasteiger partial charge >= 0.3 is 0 Å². The van der Waals surface area contributed by atoms with Gasteiger partial charge in [0, 0.05) is 24.8 Å². The molecule has 0 saturated heterocycles. The molecule has 0 radical (unpaired) electrons. The van der Waals surface area contributed by atoms with E-state index in [1.807, 2.05) is 42.3 Å². The lowest BCUT2D eigenvalue weighted by Crippen LogP contribution is -1.98. The average molecular weight is 253 g/mol. The summed E-state index contributed by atoms with van der Waals surface area (Å²) in [5.41, 5.74) is 9.74. The molecule has 2 aromatic heterocycles. The first-order valence-corrected chi connectivity index (χ1v) is 6.49. The summed E-state index contributed by atoms with van der Waals surface area (Å²) in [4.78, 5) is 4.77. The largest absolute Gasteiger partial charge is 0.399 e. The van der Waals surface area contributed by atoms with Crippen molar-refractivity contribution in [3.8, 4) is 5.69 Å². The van der Waals surface area contributed by atoms with E-state index in [1.54, 1.807) is 0 Å². The molecular weight excluding hydrogens is 238 g/mol. The minimum absolute atomic E-state index is 0.578. The zero-order valence-electron chi connectivity index (χ0n) is 10.7. The molecule has 1 aliphatic carbocycles. The highest BCUT2D eigenvalue weighted by atomic mass is 15.3. The number of hydrogen-bond donors (Lipinski definition) is 1. The average Bonchev–Trinajstić information content (AvgIpc) is 3.04. The Hall–Kier alpha value is -2.30. The number of nitrogen functional groups attached to an aromatic ring is 1. The highest BCUT2D eigenvalue weighted by Crippen LogP contribution is 2.41. The van der Waals surface area contributed by atoms with Crippen molar-refractivity contribution in [1.29, 1.82) is 0 Å². The summed E-state index contributed by atoms with van der Waals surface area (Å²) < 4.78 is 4.02. The highest BCUT2D eigenvalue weighted by molar-refractivity contribution is 5.81. The zero-order valence-corrected chi connectivity index (χ0v) is 10.7. The van der Waals surface area contributed by atoms with Crippen LogP contribution in [0.25, 0.3) is 16.7 Å². The molecule has 2 N–H and O–H groups in total. The minimum Gasteiger partial charge on any atom is -0.399 e. The van der Waals surface area contributed by atoms with E-state index in [4.69, 9.17) is 10.7 Å². The van der Waals surface area contributed by atoms with Gasteiger partial charge in [-0.05, 0) is 31.0 Å². The van der Waals surface area contributed by atoms with Crippen LogP contribution in [0.4, 0.5) is 5.69 Å². The number of benzene rings is 1. The van der Waals surface area contributed by atoms with Crippen molar-refractivity contribution in [1.82, 2.24) is 19.3 Å². The smallest absolute Gasteiger partial charge is 0.117 e. The molecule has 0 aliphatic heterocycles. The van der Waals surface area contributed by atoms with Crippen molar-refractivity contribution in [2.75, 3.05) is 5.73 Å². The van der Waals surface area contributed by atoms with Gasteiger partial charge < -0.3 is 5.73 Å². The Kier molecular flexibility index (Phi) is 2.01. The molecule has 0 amide bonds. The first-order chi connectivity index (χ1) is 9.22. The molecule has 0 unspecified atom stereocenters. The van der Waals surface area contributed by atoms with E-state index in [2.05, 4.69) is 9.67 Å². The lowest BCUT2D eigenvalue weighted by Gasteiger charge is -2.05. The van der Waals surface area contributed by atoms with Crippen LogP contribution < -0.4 is 5.73 Å². The molecule has 0 atom stereocenters. The van der Waals surface area contributed by atoms with Gasteiger partial charge in [0.2, 0.25) is 0 Å². The molecule has 0 bridgehead atoms. The molecule has 5 heteroatoms. The number of rotatable bonds is 2. The number of aryl methyl sites for hydroxylation is 1. The Bertz CT molecular complexity index is 763. The molecule has 96 valence electrons. The fourth-order valence-corrected chi connectivity index (χ4v) is 2.53. The van der Waals surface area contributed by atoms with Crippen LogP contribution in [0, 0.1) is 0 Å². The normalized spacial score (nSPS) is 15.2. The summed E-state index contributed by atoms with van der Waals surface area (Å²) in [7, 11) is 1.93. The maximum atomic E-state index is 5.85. The fraction of sp³-hybridized carbons (Fsp3) is 0.286. The van der Waals surface area contributed by atoms with Crippen LogP contribution in [-0.4, -0.2) is 19.3 Å². The first kappa shape index (κ1) is 10.6. The lowest BCUT2D eigenvalue weighted by atomic mass is 10.3. The van der Waals surface area contributed by atoms with E-state index in [0.717, 1.165) is 28.2 Å². The van der Waals surface area contributed by atoms with Gasteiger partial charge in [0.25, 0.3) is 0 Å². The van der Waals surface area contributed by atoms with E-state index in [-0.39, 0.29) is 0 Å². The molecule has 1 aromatic carbocycles. The number of fused-ring (bicyclic) bond motifs is 1. The van der Waals surface area contributed by atoms with Crippen molar-refractivity contribution in [2.24, 2.45) is 7.05 Å². The molecule has 0 spiro atoms. The molecule has 1 aliphatic rings. The van der Waals surface area contributed by atoms with Crippen molar-refractivity contribution in [3.63, 3.8) is 0 Å². The molecule has 1 saturated carbocycles. The SMILES string of the molecule is Cn1cc(-n2c(C3CC3)nc3cc(N)ccc32)cn1. The Labute approximate surface area is 110 Å². The maximum Gasteiger partial charge on any atom is 0.117 e. The summed E-state index contributed by atoms with van der Waals surface area (Å²) in [5, 5.41) is 4.26. The molecule has 19 heavy (non-hydrogen) atoms. The van der Waals surface area contributed by atoms with Gasteiger partial charge in [-0.1, -0.05) is 0 Å². The summed E-state index contributed by atoms with van der Waals surface area (Å²) in [6.07, 6.45) is 6.34. The van der Waals surface area contributed by atoms with Gasteiger partial charge in [0.15, 0.2) is 0 Å². The quantitative estimate of drug-likeness (QED) is 0.712. The molecule has 5 nitrogen and oxygen atoms in total. The standard InChI is InChI=1S/C14H15N5/c1-18-8-11(7-16-18)19-13-5-4-10(15)6-12(13)17-14(19)9-2-3-9/h4-9H,2-3,15H2,1H3. The third-order valence-corrected chi connectivity index (χ3v) is 3.60. The van der Waals surface area contributed by atoms with Crippen LogP contribution in [-0.2, 0) is 7.05 Å². The molecule has 3 aromatic rings. The molecule has 2 heterocycles. The second-order valence-electron chi connectivity index (χ2n) is 5.20.